The van der Waals surface area contributed by atoms with E-state index in [9.17, 15) is 9.18 Å². The van der Waals surface area contributed by atoms with Crippen LogP contribution in [0.2, 0.25) is 0 Å². The van der Waals surface area contributed by atoms with Crippen molar-refractivity contribution in [3.63, 3.8) is 0 Å². The van der Waals surface area contributed by atoms with Crippen LogP contribution in [-0.2, 0) is 4.79 Å². The van der Waals surface area contributed by atoms with E-state index in [1.54, 1.807) is 11.0 Å². The predicted octanol–water partition coefficient (Wildman–Crippen LogP) is 6.03. The zero-order valence-corrected chi connectivity index (χ0v) is 16.4. The number of rotatable bonds is 7. The minimum absolute atomic E-state index is 0.0788. The molecule has 0 aliphatic heterocycles. The molecule has 0 fully saturated rings. The molecule has 1 aromatic carbocycles. The molecule has 0 aliphatic carbocycles. The smallest absolute Gasteiger partial charge is 0.229 e. The summed E-state index contributed by atoms with van der Waals surface area (Å²) in [4.78, 5) is 14.1. The highest BCUT2D eigenvalue weighted by Gasteiger charge is 2.19. The van der Waals surface area contributed by atoms with Crippen LogP contribution >= 0.6 is 0 Å². The SMILES string of the molecule is CC.C\C=C(/C=C\C(=C\F)c1ccccc1)C(C)C(=O)N(C)CCC. The van der Waals surface area contributed by atoms with E-state index in [0.29, 0.717) is 11.9 Å². The van der Waals surface area contributed by atoms with Gasteiger partial charge in [-0.3, -0.25) is 4.79 Å². The second-order valence-electron chi connectivity index (χ2n) is 5.53. The maximum Gasteiger partial charge on any atom is 0.229 e. The fraction of sp³-hybridized carbons (Fsp3) is 0.409. The molecule has 1 aromatic rings. The van der Waals surface area contributed by atoms with Crippen LogP contribution in [0, 0.1) is 5.92 Å². The van der Waals surface area contributed by atoms with Gasteiger partial charge in [0.15, 0.2) is 0 Å². The molecule has 0 aromatic heterocycles. The van der Waals surface area contributed by atoms with E-state index < -0.39 is 0 Å². The lowest BCUT2D eigenvalue weighted by molar-refractivity contribution is -0.132. The Hall–Kier alpha value is -2.16. The summed E-state index contributed by atoms with van der Waals surface area (Å²) in [6, 6.07) is 9.35. The Bertz CT molecular complexity index is 587. The first-order chi connectivity index (χ1) is 12.0. The van der Waals surface area contributed by atoms with Crippen molar-refractivity contribution in [3.8, 4) is 0 Å². The Morgan fingerprint density at radius 1 is 1.20 bits per heavy atom. The lowest BCUT2D eigenvalue weighted by atomic mass is 9.97. The maximum atomic E-state index is 13.2. The molecule has 0 heterocycles. The van der Waals surface area contributed by atoms with Crippen LogP contribution in [0.4, 0.5) is 4.39 Å². The molecule has 2 nitrogen and oxygen atoms in total. The highest BCUT2D eigenvalue weighted by Crippen LogP contribution is 2.20. The van der Waals surface area contributed by atoms with Crippen molar-refractivity contribution in [2.24, 2.45) is 5.92 Å². The fourth-order valence-electron chi connectivity index (χ4n) is 2.42. The summed E-state index contributed by atoms with van der Waals surface area (Å²) in [5.41, 5.74) is 2.18. The Labute approximate surface area is 152 Å². The predicted molar refractivity (Wildman–Crippen MR) is 107 cm³/mol. The topological polar surface area (TPSA) is 20.3 Å². The molecule has 0 saturated carbocycles. The van der Waals surface area contributed by atoms with Gasteiger partial charge < -0.3 is 4.90 Å². The molecule has 25 heavy (non-hydrogen) atoms. The van der Waals surface area contributed by atoms with Gasteiger partial charge in [-0.2, -0.15) is 0 Å². The maximum absolute atomic E-state index is 13.2. The average Bonchev–Trinajstić information content (AvgIpc) is 2.66. The Morgan fingerprint density at radius 3 is 2.28 bits per heavy atom. The molecule has 0 radical (unpaired) electrons. The fourth-order valence-corrected chi connectivity index (χ4v) is 2.42. The van der Waals surface area contributed by atoms with Crippen molar-refractivity contribution in [1.29, 1.82) is 0 Å². The molecule has 0 N–H and O–H groups in total. The zero-order chi connectivity index (χ0) is 19.2. The van der Waals surface area contributed by atoms with E-state index in [4.69, 9.17) is 0 Å². The van der Waals surface area contributed by atoms with Gasteiger partial charge in [0, 0.05) is 19.2 Å². The molecule has 138 valence electrons. The second-order valence-corrected chi connectivity index (χ2v) is 5.53. The van der Waals surface area contributed by atoms with Gasteiger partial charge in [-0.15, -0.1) is 0 Å². The van der Waals surface area contributed by atoms with E-state index in [0.717, 1.165) is 24.1 Å². The number of halogens is 1. The van der Waals surface area contributed by atoms with Crippen molar-refractivity contribution < 1.29 is 9.18 Å². The third-order valence-electron chi connectivity index (χ3n) is 3.82. The number of allylic oxidation sites excluding steroid dienone is 4. The van der Waals surface area contributed by atoms with E-state index in [1.165, 1.54) is 0 Å². The van der Waals surface area contributed by atoms with Gasteiger partial charge in [0.05, 0.1) is 12.2 Å². The number of hydrogen-bond donors (Lipinski definition) is 0. The van der Waals surface area contributed by atoms with Gasteiger partial charge in [-0.05, 0) is 31.4 Å². The number of nitrogens with zero attached hydrogens (tertiary/aromatic N) is 1. The van der Waals surface area contributed by atoms with Crippen molar-refractivity contribution in [1.82, 2.24) is 4.90 Å². The first-order valence-electron chi connectivity index (χ1n) is 9.00. The molecule has 1 unspecified atom stereocenters. The van der Waals surface area contributed by atoms with Crippen LogP contribution in [0.1, 0.15) is 46.6 Å². The molecule has 1 atom stereocenters. The average molecular weight is 346 g/mol. The Morgan fingerprint density at radius 2 is 1.80 bits per heavy atom. The van der Waals surface area contributed by atoms with Crippen molar-refractivity contribution >= 4 is 11.5 Å². The molecule has 0 aliphatic rings. The Kier molecular flexibility index (Phi) is 12.0. The normalized spacial score (nSPS) is 13.2. The van der Waals surface area contributed by atoms with Crippen molar-refractivity contribution in [2.75, 3.05) is 13.6 Å². The second kappa shape index (κ2) is 13.2. The molecule has 1 rings (SSSR count). The monoisotopic (exact) mass is 345 g/mol. The third kappa shape index (κ3) is 7.51. The minimum atomic E-state index is -0.246. The summed E-state index contributed by atoms with van der Waals surface area (Å²) < 4.78 is 13.2. The van der Waals surface area contributed by atoms with E-state index in [1.807, 2.05) is 84.2 Å². The first kappa shape index (κ1) is 22.8. The van der Waals surface area contributed by atoms with E-state index in [2.05, 4.69) is 0 Å². The summed E-state index contributed by atoms with van der Waals surface area (Å²) in [5.74, 6) is -0.167. The first-order valence-corrected chi connectivity index (χ1v) is 9.00. The van der Waals surface area contributed by atoms with Gasteiger partial charge in [-0.25, -0.2) is 4.39 Å². The van der Waals surface area contributed by atoms with Crippen LogP contribution in [0.3, 0.4) is 0 Å². The number of amides is 1. The highest BCUT2D eigenvalue weighted by molar-refractivity contribution is 5.82. The highest BCUT2D eigenvalue weighted by atomic mass is 19.1. The van der Waals surface area contributed by atoms with Crippen molar-refractivity contribution in [3.05, 3.63) is 66.0 Å². The summed E-state index contributed by atoms with van der Waals surface area (Å²) >= 11 is 0. The van der Waals surface area contributed by atoms with E-state index in [-0.39, 0.29) is 11.8 Å². The van der Waals surface area contributed by atoms with Gasteiger partial charge in [-0.1, -0.05) is 69.3 Å². The quantitative estimate of drug-likeness (QED) is 0.552. The molecule has 0 spiro atoms. The van der Waals surface area contributed by atoms with Gasteiger partial charge in [0.1, 0.15) is 0 Å². The van der Waals surface area contributed by atoms with Crippen molar-refractivity contribution in [2.45, 2.75) is 41.0 Å². The summed E-state index contributed by atoms with van der Waals surface area (Å²) in [6.07, 6.45) is 6.96. The van der Waals surface area contributed by atoms with Gasteiger partial charge >= 0.3 is 0 Å². The number of carbonyl (C=O) groups excluding carboxylic acids is 1. The number of carbonyl (C=O) groups is 1. The zero-order valence-electron chi connectivity index (χ0n) is 16.4. The minimum Gasteiger partial charge on any atom is -0.345 e. The molecular weight excluding hydrogens is 313 g/mol. The Balaban J connectivity index is 0.00000277. The van der Waals surface area contributed by atoms with Crippen LogP contribution in [0.5, 0.6) is 0 Å². The largest absolute Gasteiger partial charge is 0.345 e. The molecule has 0 bridgehead atoms. The molecule has 1 amide bonds. The third-order valence-corrected chi connectivity index (χ3v) is 3.82. The molecule has 0 saturated heterocycles. The van der Waals surface area contributed by atoms with Crippen LogP contribution in [0.15, 0.2) is 60.5 Å². The standard InChI is InChI=1S/C20H26FNO.C2H6/c1-5-14-22(4)20(23)16(3)17(6-2)12-13-19(15-21)18-10-8-7-9-11-18;1-2/h6-13,15-16H,5,14H2,1-4H3;1-2H3/b13-12-,17-6+,19-15-;. The number of hydrogen-bond acceptors (Lipinski definition) is 1. The van der Waals surface area contributed by atoms with E-state index >= 15 is 0 Å². The van der Waals surface area contributed by atoms with Gasteiger partial charge in [0.25, 0.3) is 0 Å². The summed E-state index contributed by atoms with van der Waals surface area (Å²) in [5, 5.41) is 0. The lowest BCUT2D eigenvalue weighted by Crippen LogP contribution is -2.32. The van der Waals surface area contributed by atoms with Crippen LogP contribution < -0.4 is 0 Å². The van der Waals surface area contributed by atoms with Gasteiger partial charge in [0.2, 0.25) is 5.91 Å². The lowest BCUT2D eigenvalue weighted by Gasteiger charge is -2.21. The van der Waals surface area contributed by atoms with Crippen LogP contribution in [0.25, 0.3) is 5.57 Å². The molecule has 3 heteroatoms. The number of benzene rings is 1. The molecular formula is C22H32FNO. The summed E-state index contributed by atoms with van der Waals surface area (Å²) in [6.45, 7) is 10.6. The van der Waals surface area contributed by atoms with Crippen LogP contribution in [-0.4, -0.2) is 24.4 Å². The summed E-state index contributed by atoms with van der Waals surface area (Å²) in [7, 11) is 1.82.